The van der Waals surface area contributed by atoms with E-state index in [0.29, 0.717) is 12.3 Å². The molecule has 2 fully saturated rings. The molecule has 1 heterocycles. The van der Waals surface area contributed by atoms with Crippen molar-refractivity contribution in [2.75, 3.05) is 0 Å². The van der Waals surface area contributed by atoms with Crippen LogP contribution in [-0.4, -0.2) is 28.6 Å². The minimum absolute atomic E-state index is 0.144. The number of urea groups is 1. The van der Waals surface area contributed by atoms with E-state index in [9.17, 15) is 14.4 Å². The summed E-state index contributed by atoms with van der Waals surface area (Å²) in [7, 11) is 0. The van der Waals surface area contributed by atoms with Crippen LogP contribution in [0, 0.1) is 11.8 Å². The maximum absolute atomic E-state index is 12.5. The molecule has 148 valence electrons. The van der Waals surface area contributed by atoms with E-state index in [1.54, 1.807) is 0 Å². The normalized spacial score (nSPS) is 27.7. The van der Waals surface area contributed by atoms with Crippen molar-refractivity contribution in [3.8, 4) is 0 Å². The van der Waals surface area contributed by atoms with Crippen molar-refractivity contribution in [3.05, 3.63) is 0 Å². The first-order valence-electron chi connectivity index (χ1n) is 10.3. The van der Waals surface area contributed by atoms with Crippen molar-refractivity contribution in [1.82, 2.24) is 10.6 Å². The molecule has 0 aromatic rings. The van der Waals surface area contributed by atoms with E-state index in [1.165, 1.54) is 25.7 Å². The van der Waals surface area contributed by atoms with Gasteiger partial charge in [0.05, 0.1) is 0 Å². The van der Waals surface area contributed by atoms with Crippen LogP contribution >= 0.6 is 0 Å². The number of imide groups is 1. The molecule has 6 heteroatoms. The molecular weight excluding hydrogens is 332 g/mol. The molecule has 3 N–H and O–H groups in total. The smallest absolute Gasteiger partial charge is 0.322 e. The summed E-state index contributed by atoms with van der Waals surface area (Å²) in [5.41, 5.74) is -0.701. The number of rotatable bonds is 12. The lowest BCUT2D eigenvalue weighted by Gasteiger charge is -2.31. The number of carbonyl (C=O) groups is 3. The standard InChI is InChI=1S/C20H34N2O4/c1-2-3-4-7-10-15-13-14-20(18(25)21-19(26)22-20)16(15)11-8-5-6-9-12-17(23)24/h15-16H,2-14H2,1H3,(H,23,24)(H2,21,22,25,26)/t15-,16+,20?/m0/s1. The molecule has 1 aliphatic carbocycles. The molecule has 0 aromatic carbocycles. The Kier molecular flexibility index (Phi) is 7.91. The molecule has 3 atom stereocenters. The number of carboxylic acid groups (broad SMARTS) is 1. The van der Waals surface area contributed by atoms with Gasteiger partial charge in [-0.2, -0.15) is 0 Å². The molecule has 3 amide bonds. The first kappa shape index (κ1) is 20.7. The highest BCUT2D eigenvalue weighted by molar-refractivity contribution is 6.07. The van der Waals surface area contributed by atoms with Crippen LogP contribution in [0.2, 0.25) is 0 Å². The molecule has 26 heavy (non-hydrogen) atoms. The van der Waals surface area contributed by atoms with Crippen molar-refractivity contribution < 1.29 is 19.5 Å². The maximum Gasteiger partial charge on any atom is 0.322 e. The van der Waals surface area contributed by atoms with Crippen LogP contribution < -0.4 is 10.6 Å². The fourth-order valence-electron chi connectivity index (χ4n) is 4.80. The molecular formula is C20H34N2O4. The van der Waals surface area contributed by atoms with Gasteiger partial charge in [0, 0.05) is 6.42 Å². The lowest BCUT2D eigenvalue weighted by atomic mass is 9.77. The zero-order valence-electron chi connectivity index (χ0n) is 16.0. The summed E-state index contributed by atoms with van der Waals surface area (Å²) in [4.78, 5) is 34.8. The number of amides is 3. The quantitative estimate of drug-likeness (QED) is 0.359. The van der Waals surface area contributed by atoms with Crippen molar-refractivity contribution in [2.45, 2.75) is 95.9 Å². The SMILES string of the molecule is CCCCCC[C@H]1CCC2(NC(=O)NC2=O)[C@@H]1CCCCCCC(=O)O. The Morgan fingerprint density at radius 2 is 1.77 bits per heavy atom. The molecule has 6 nitrogen and oxygen atoms in total. The zero-order valence-corrected chi connectivity index (χ0v) is 16.0. The minimum Gasteiger partial charge on any atom is -0.481 e. The lowest BCUT2D eigenvalue weighted by molar-refractivity contribution is -0.137. The third-order valence-electron chi connectivity index (χ3n) is 6.16. The minimum atomic E-state index is -0.739. The van der Waals surface area contributed by atoms with Crippen LogP contribution in [0.15, 0.2) is 0 Å². The van der Waals surface area contributed by atoms with Crippen LogP contribution in [0.3, 0.4) is 0 Å². The molecule has 1 spiro atoms. The van der Waals surface area contributed by atoms with Crippen LogP contribution in [-0.2, 0) is 9.59 Å². The molecule has 0 bridgehead atoms. The second-order valence-corrected chi connectivity index (χ2v) is 7.98. The predicted octanol–water partition coefficient (Wildman–Crippen LogP) is 3.99. The second-order valence-electron chi connectivity index (χ2n) is 7.98. The third kappa shape index (κ3) is 5.21. The molecule has 1 saturated heterocycles. The summed E-state index contributed by atoms with van der Waals surface area (Å²) < 4.78 is 0. The van der Waals surface area contributed by atoms with Crippen molar-refractivity contribution in [2.24, 2.45) is 11.8 Å². The summed E-state index contributed by atoms with van der Waals surface area (Å²) in [6, 6.07) is -0.354. The maximum atomic E-state index is 12.5. The first-order chi connectivity index (χ1) is 12.5. The summed E-state index contributed by atoms with van der Waals surface area (Å²) in [5, 5.41) is 14.1. The Morgan fingerprint density at radius 1 is 1.08 bits per heavy atom. The Balaban J connectivity index is 1.89. The number of hydrogen-bond acceptors (Lipinski definition) is 3. The molecule has 2 aliphatic rings. The number of aliphatic carboxylic acids is 1. The van der Waals surface area contributed by atoms with Crippen molar-refractivity contribution >= 4 is 17.9 Å². The summed E-state index contributed by atoms with van der Waals surface area (Å²) in [6.45, 7) is 2.20. The van der Waals surface area contributed by atoms with E-state index in [-0.39, 0.29) is 24.3 Å². The Hall–Kier alpha value is -1.59. The van der Waals surface area contributed by atoms with Gasteiger partial charge in [0.25, 0.3) is 5.91 Å². The van der Waals surface area contributed by atoms with Gasteiger partial charge in [-0.15, -0.1) is 0 Å². The van der Waals surface area contributed by atoms with Gasteiger partial charge in [-0.1, -0.05) is 58.3 Å². The molecule has 1 aliphatic heterocycles. The molecule has 0 aromatic heterocycles. The van der Waals surface area contributed by atoms with Gasteiger partial charge in [-0.05, 0) is 37.5 Å². The molecule has 0 radical (unpaired) electrons. The Morgan fingerprint density at radius 3 is 2.42 bits per heavy atom. The average molecular weight is 367 g/mol. The Labute approximate surface area is 156 Å². The number of nitrogens with one attached hydrogen (secondary N) is 2. The number of carboxylic acids is 1. The van der Waals surface area contributed by atoms with Gasteiger partial charge in [0.15, 0.2) is 0 Å². The molecule has 1 saturated carbocycles. The average Bonchev–Trinajstić information content (AvgIpc) is 3.07. The highest BCUT2D eigenvalue weighted by atomic mass is 16.4. The zero-order chi connectivity index (χ0) is 19.0. The lowest BCUT2D eigenvalue weighted by Crippen LogP contribution is -2.51. The van der Waals surface area contributed by atoms with Gasteiger partial charge < -0.3 is 10.4 Å². The fourth-order valence-corrected chi connectivity index (χ4v) is 4.80. The van der Waals surface area contributed by atoms with Gasteiger partial charge >= 0.3 is 12.0 Å². The molecule has 1 unspecified atom stereocenters. The van der Waals surface area contributed by atoms with E-state index in [0.717, 1.165) is 44.9 Å². The highest BCUT2D eigenvalue weighted by Crippen LogP contribution is 2.47. The summed E-state index contributed by atoms with van der Waals surface area (Å²) >= 11 is 0. The van der Waals surface area contributed by atoms with Gasteiger partial charge in [-0.3, -0.25) is 14.9 Å². The monoisotopic (exact) mass is 366 g/mol. The number of hydrogen-bond donors (Lipinski definition) is 3. The predicted molar refractivity (Wildman–Crippen MR) is 99.7 cm³/mol. The summed E-state index contributed by atoms with van der Waals surface area (Å²) in [6.07, 6.45) is 12.5. The van der Waals surface area contributed by atoms with Crippen molar-refractivity contribution in [3.63, 3.8) is 0 Å². The highest BCUT2D eigenvalue weighted by Gasteiger charge is 2.57. The van der Waals surface area contributed by atoms with E-state index in [2.05, 4.69) is 17.6 Å². The number of unbranched alkanes of at least 4 members (excludes halogenated alkanes) is 6. The van der Waals surface area contributed by atoms with Crippen molar-refractivity contribution in [1.29, 1.82) is 0 Å². The van der Waals surface area contributed by atoms with E-state index in [1.807, 2.05) is 0 Å². The Bertz CT molecular complexity index is 508. The fraction of sp³-hybridized carbons (Fsp3) is 0.850. The molecule has 2 rings (SSSR count). The van der Waals surface area contributed by atoms with Gasteiger partial charge in [0.2, 0.25) is 0 Å². The van der Waals surface area contributed by atoms with Crippen LogP contribution in [0.4, 0.5) is 4.79 Å². The van der Waals surface area contributed by atoms with E-state index < -0.39 is 11.5 Å². The van der Waals surface area contributed by atoms with Crippen LogP contribution in [0.25, 0.3) is 0 Å². The third-order valence-corrected chi connectivity index (χ3v) is 6.16. The van der Waals surface area contributed by atoms with Crippen LogP contribution in [0.1, 0.15) is 90.4 Å². The topological polar surface area (TPSA) is 95.5 Å². The first-order valence-corrected chi connectivity index (χ1v) is 10.3. The van der Waals surface area contributed by atoms with Gasteiger partial charge in [0.1, 0.15) is 5.54 Å². The largest absolute Gasteiger partial charge is 0.481 e. The summed E-state index contributed by atoms with van der Waals surface area (Å²) in [5.74, 6) is -0.184. The second kappa shape index (κ2) is 9.93. The van der Waals surface area contributed by atoms with E-state index in [4.69, 9.17) is 5.11 Å². The number of carbonyl (C=O) groups excluding carboxylic acids is 2. The van der Waals surface area contributed by atoms with E-state index >= 15 is 0 Å². The van der Waals surface area contributed by atoms with Gasteiger partial charge in [-0.25, -0.2) is 4.79 Å². The van der Waals surface area contributed by atoms with Crippen LogP contribution in [0.5, 0.6) is 0 Å².